The maximum atomic E-state index is 12.3. The van der Waals surface area contributed by atoms with Gasteiger partial charge in [-0.15, -0.1) is 0 Å². The molecule has 12 heteroatoms. The largest absolute Gasteiger partial charge is 0.489 e. The maximum absolute atomic E-state index is 12.3. The van der Waals surface area contributed by atoms with Crippen LogP contribution < -0.4 is 20.6 Å². The second-order valence-electron chi connectivity index (χ2n) is 11.4. The van der Waals surface area contributed by atoms with Crippen LogP contribution in [0.1, 0.15) is 43.2 Å². The maximum Gasteiger partial charge on any atom is 0.254 e. The van der Waals surface area contributed by atoms with Crippen LogP contribution in [-0.2, 0) is 37.0 Å². The molecule has 4 heterocycles. The van der Waals surface area contributed by atoms with Crippen LogP contribution in [0.15, 0.2) is 144 Å². The van der Waals surface area contributed by atoms with Crippen molar-refractivity contribution >= 4 is 43.4 Å². The molecule has 0 aliphatic carbocycles. The van der Waals surface area contributed by atoms with Gasteiger partial charge in [0.2, 0.25) is 11.6 Å². The van der Waals surface area contributed by atoms with Gasteiger partial charge < -0.3 is 18.6 Å². The number of carbonyl (C=O) groups excluding carboxylic acids is 2. The third-order valence-electron chi connectivity index (χ3n) is 7.59. The number of pyridine rings is 4. The van der Waals surface area contributed by atoms with E-state index in [0.29, 0.717) is 46.8 Å². The molecule has 6 rings (SSSR count). The van der Waals surface area contributed by atoms with Crippen molar-refractivity contribution in [2.24, 2.45) is 0 Å². The number of carbonyl (C=O) groups is 2. The molecule has 0 amide bonds. The molecule has 0 aliphatic heterocycles. The van der Waals surface area contributed by atoms with Gasteiger partial charge in [-0.25, -0.2) is 0 Å². The molecule has 10 nitrogen and oxygen atoms in total. The fraction of sp³-hybridized carbons (Fsp3) is 0.150. The van der Waals surface area contributed by atoms with Gasteiger partial charge in [0.1, 0.15) is 36.1 Å². The lowest BCUT2D eigenvalue weighted by Gasteiger charge is -2.08. The Balaban J connectivity index is 0.000000201. The van der Waals surface area contributed by atoms with Crippen molar-refractivity contribution in [2.75, 3.05) is 0 Å². The van der Waals surface area contributed by atoms with Crippen LogP contribution >= 0.6 is 31.9 Å². The first kappa shape index (κ1) is 37.8. The third-order valence-corrected chi connectivity index (χ3v) is 8.88. The van der Waals surface area contributed by atoms with Gasteiger partial charge in [0.15, 0.2) is 0 Å². The number of benzene rings is 2. The molecule has 0 unspecified atom stereocenters. The Labute approximate surface area is 317 Å². The summed E-state index contributed by atoms with van der Waals surface area (Å²) in [5.41, 5.74) is 4.10. The average molecular weight is 827 g/mol. The van der Waals surface area contributed by atoms with Gasteiger partial charge in [0, 0.05) is 47.6 Å². The van der Waals surface area contributed by atoms with Crippen LogP contribution in [0.3, 0.4) is 0 Å². The van der Waals surface area contributed by atoms with Crippen LogP contribution in [0.25, 0.3) is 0 Å². The molecule has 2 aromatic carbocycles. The van der Waals surface area contributed by atoms with Crippen molar-refractivity contribution < 1.29 is 19.1 Å². The number of nitrogens with zero attached hydrogens (tertiary/aromatic N) is 4. The molecule has 4 aromatic heterocycles. The van der Waals surface area contributed by atoms with Crippen molar-refractivity contribution in [1.29, 1.82) is 0 Å². The van der Waals surface area contributed by atoms with Crippen LogP contribution in [0.5, 0.6) is 11.5 Å². The zero-order valence-electron chi connectivity index (χ0n) is 27.9. The minimum atomic E-state index is -0.291. The van der Waals surface area contributed by atoms with E-state index < -0.39 is 0 Å². The molecule has 0 atom stereocenters. The van der Waals surface area contributed by atoms with E-state index in [0.717, 1.165) is 22.3 Å². The molecule has 0 bridgehead atoms. The number of ether oxygens (including phenoxy) is 2. The lowest BCUT2D eigenvalue weighted by molar-refractivity contribution is 0.0958. The molecule has 0 spiro atoms. The fourth-order valence-electron chi connectivity index (χ4n) is 4.71. The predicted molar refractivity (Wildman–Crippen MR) is 205 cm³/mol. The van der Waals surface area contributed by atoms with E-state index in [1.54, 1.807) is 49.1 Å². The van der Waals surface area contributed by atoms with Gasteiger partial charge in [0.05, 0.1) is 13.1 Å². The van der Waals surface area contributed by atoms with E-state index in [9.17, 15) is 19.2 Å². The van der Waals surface area contributed by atoms with Crippen molar-refractivity contribution in [3.63, 3.8) is 0 Å². The quantitative estimate of drug-likeness (QED) is 0.0836. The monoisotopic (exact) mass is 824 g/mol. The van der Waals surface area contributed by atoms with E-state index in [2.05, 4.69) is 41.8 Å². The van der Waals surface area contributed by atoms with E-state index >= 15 is 0 Å². The Hall–Kier alpha value is -5.46. The molecule has 6 aromatic rings. The van der Waals surface area contributed by atoms with E-state index in [4.69, 9.17) is 9.47 Å². The van der Waals surface area contributed by atoms with E-state index in [-0.39, 0.29) is 35.8 Å². The highest BCUT2D eigenvalue weighted by Gasteiger charge is 2.12. The highest BCUT2D eigenvalue weighted by atomic mass is 79.9. The van der Waals surface area contributed by atoms with E-state index in [1.807, 2.05) is 72.8 Å². The lowest BCUT2D eigenvalue weighted by atomic mass is 10.2. The minimum Gasteiger partial charge on any atom is -0.489 e. The van der Waals surface area contributed by atoms with Gasteiger partial charge in [0.25, 0.3) is 11.1 Å². The van der Waals surface area contributed by atoms with Gasteiger partial charge in [-0.1, -0.05) is 105 Å². The van der Waals surface area contributed by atoms with Gasteiger partial charge in [-0.2, -0.15) is 0 Å². The van der Waals surface area contributed by atoms with Crippen molar-refractivity contribution in [3.8, 4) is 11.5 Å². The zero-order valence-corrected chi connectivity index (χ0v) is 31.1. The molecule has 52 heavy (non-hydrogen) atoms. The summed E-state index contributed by atoms with van der Waals surface area (Å²) in [6.45, 7) is 0.650. The lowest BCUT2D eigenvalue weighted by Crippen LogP contribution is -2.23. The Bertz CT molecular complexity index is 2030. The summed E-state index contributed by atoms with van der Waals surface area (Å²) in [7, 11) is 0. The Morgan fingerprint density at radius 3 is 1.27 bits per heavy atom. The zero-order chi connectivity index (χ0) is 36.7. The second-order valence-corrected chi connectivity index (χ2v) is 12.5. The minimum absolute atomic E-state index is 0.0571. The summed E-state index contributed by atoms with van der Waals surface area (Å²) in [4.78, 5) is 57.3. The third kappa shape index (κ3) is 11.3. The fourth-order valence-corrected chi connectivity index (χ4v) is 5.37. The number of aromatic nitrogens is 4. The van der Waals surface area contributed by atoms with Crippen molar-refractivity contribution in [3.05, 3.63) is 188 Å². The molecule has 0 radical (unpaired) electrons. The molecule has 0 saturated carbocycles. The number of hydrogen-bond acceptors (Lipinski definition) is 8. The first-order chi connectivity index (χ1) is 25.3. The number of Topliss-reactive ketones (excluding diaryl/α,β-unsaturated/α-hetero) is 2. The van der Waals surface area contributed by atoms with Gasteiger partial charge in [-0.3, -0.25) is 29.1 Å². The topological polar surface area (TPSA) is 122 Å². The standard InChI is InChI=1S/2C20H17BrN2O3/c2*21-11-16-6-7-18(22-12-16)19(24)13-23-9-8-17(10-20(23)25)26-14-15-4-2-1-3-5-15/h2*1-10,12H,11,13-14H2. The summed E-state index contributed by atoms with van der Waals surface area (Å²) < 4.78 is 13.9. The van der Waals surface area contributed by atoms with Crippen molar-refractivity contribution in [1.82, 2.24) is 19.1 Å². The summed E-state index contributed by atoms with van der Waals surface area (Å²) in [6, 6.07) is 32.5. The van der Waals surface area contributed by atoms with Gasteiger partial charge >= 0.3 is 0 Å². The van der Waals surface area contributed by atoms with Gasteiger partial charge in [-0.05, 0) is 46.5 Å². The second kappa shape index (κ2) is 19.2. The van der Waals surface area contributed by atoms with Crippen LogP contribution in [0, 0.1) is 0 Å². The molecule has 0 N–H and O–H groups in total. The summed E-state index contributed by atoms with van der Waals surface area (Å²) >= 11 is 6.67. The molecule has 0 aliphatic rings. The first-order valence-electron chi connectivity index (χ1n) is 16.1. The van der Waals surface area contributed by atoms with Crippen LogP contribution in [-0.4, -0.2) is 30.7 Å². The number of rotatable bonds is 14. The van der Waals surface area contributed by atoms with Crippen molar-refractivity contribution in [2.45, 2.75) is 37.0 Å². The summed E-state index contributed by atoms with van der Waals surface area (Å²) in [5, 5.41) is 1.36. The highest BCUT2D eigenvalue weighted by molar-refractivity contribution is 9.08. The summed E-state index contributed by atoms with van der Waals surface area (Å²) in [5.74, 6) is 0.516. The molecular formula is C40H34Br2N4O6. The highest BCUT2D eigenvalue weighted by Crippen LogP contribution is 2.12. The van der Waals surface area contributed by atoms with Crippen LogP contribution in [0.4, 0.5) is 0 Å². The van der Waals surface area contributed by atoms with Crippen LogP contribution in [0.2, 0.25) is 0 Å². The molecule has 0 fully saturated rings. The van der Waals surface area contributed by atoms with E-state index in [1.165, 1.54) is 21.3 Å². The Kier molecular flexibility index (Phi) is 14.0. The first-order valence-corrected chi connectivity index (χ1v) is 18.4. The normalized spacial score (nSPS) is 10.5. The molecule has 0 saturated heterocycles. The number of ketones is 2. The number of alkyl halides is 2. The number of halogens is 2. The molecule has 264 valence electrons. The Morgan fingerprint density at radius 2 is 0.942 bits per heavy atom. The SMILES string of the molecule is O=C(Cn1ccc(OCc2ccccc2)cc1=O)c1ccc(CBr)cn1.O=C(Cn1ccc(OCc2ccccc2)cc1=O)c1ccc(CBr)cn1. The predicted octanol–water partition coefficient (Wildman–Crippen LogP) is 7.20. The average Bonchev–Trinajstić information content (AvgIpc) is 3.19. The Morgan fingerprint density at radius 1 is 0.538 bits per heavy atom. The smallest absolute Gasteiger partial charge is 0.254 e. The summed E-state index contributed by atoms with van der Waals surface area (Å²) in [6.07, 6.45) is 6.41. The number of hydrogen-bond donors (Lipinski definition) is 0. The molecular weight excluding hydrogens is 792 g/mol.